The highest BCUT2D eigenvalue weighted by Gasteiger charge is 2.46. The van der Waals surface area contributed by atoms with Gasteiger partial charge in [0.15, 0.2) is 0 Å². The molecule has 9 heteroatoms. The van der Waals surface area contributed by atoms with E-state index in [2.05, 4.69) is 9.88 Å². The molecule has 1 atom stereocenters. The second kappa shape index (κ2) is 9.82. The summed E-state index contributed by atoms with van der Waals surface area (Å²) in [5, 5.41) is 11.4. The van der Waals surface area contributed by atoms with Crippen LogP contribution in [-0.2, 0) is 19.1 Å². The number of aryl methyl sites for hydroxylation is 1. The number of nitrogens with one attached hydrogen (secondary N) is 1. The van der Waals surface area contributed by atoms with Gasteiger partial charge in [-0.2, -0.15) is 0 Å². The molecule has 0 saturated carbocycles. The van der Waals surface area contributed by atoms with E-state index in [1.165, 1.54) is 12.0 Å². The number of aliphatic hydroxyl groups is 1. The second-order valence-corrected chi connectivity index (χ2v) is 8.47. The van der Waals surface area contributed by atoms with Crippen LogP contribution < -0.4 is 0 Å². The molecule has 2 N–H and O–H groups in total. The summed E-state index contributed by atoms with van der Waals surface area (Å²) >= 11 is 0. The maximum Gasteiger partial charge on any atom is 0.354 e. The Kier molecular flexibility index (Phi) is 6.85. The number of aromatic amines is 1. The van der Waals surface area contributed by atoms with Crippen molar-refractivity contribution in [3.8, 4) is 0 Å². The van der Waals surface area contributed by atoms with Crippen LogP contribution in [-0.4, -0.2) is 84.1 Å². The van der Waals surface area contributed by atoms with E-state index in [1.54, 1.807) is 13.8 Å². The molecular weight excluding hydrogens is 438 g/mol. The fraction of sp³-hybridized carbons (Fsp3) is 0.400. The van der Waals surface area contributed by atoms with Gasteiger partial charge in [-0.3, -0.25) is 14.5 Å². The Morgan fingerprint density at radius 3 is 2.47 bits per heavy atom. The minimum atomic E-state index is -0.743. The predicted molar refractivity (Wildman–Crippen MR) is 124 cm³/mol. The number of likely N-dealkylation sites (tertiary alicyclic amines) is 1. The summed E-state index contributed by atoms with van der Waals surface area (Å²) in [6.45, 7) is 7.08. The van der Waals surface area contributed by atoms with Crippen LogP contribution in [0, 0.1) is 13.8 Å². The number of hydrogen-bond acceptors (Lipinski definition) is 7. The standard InChI is InChI=1S/C25H29N3O6/c1-15-18(16(2)26-20(15)25(32)33-3)22(29)19-21(17-7-5-4-6-8-17)28(24(31)23(19)30)10-9-27-11-13-34-14-12-27/h4-8,21,26,29H,9-14H2,1-3H3. The number of aliphatic hydroxyl groups excluding tert-OH is 1. The Labute approximate surface area is 197 Å². The molecule has 4 rings (SSSR count). The molecule has 34 heavy (non-hydrogen) atoms. The average Bonchev–Trinajstić information content (AvgIpc) is 3.30. The van der Waals surface area contributed by atoms with Gasteiger partial charge in [0, 0.05) is 37.4 Å². The van der Waals surface area contributed by atoms with Gasteiger partial charge in [-0.15, -0.1) is 0 Å². The summed E-state index contributed by atoms with van der Waals surface area (Å²) < 4.78 is 10.2. The van der Waals surface area contributed by atoms with Gasteiger partial charge in [-0.25, -0.2) is 4.79 Å². The molecule has 2 saturated heterocycles. The zero-order chi connectivity index (χ0) is 24.4. The number of morpholine rings is 1. The maximum atomic E-state index is 13.2. The van der Waals surface area contributed by atoms with E-state index in [9.17, 15) is 19.5 Å². The number of rotatable bonds is 6. The van der Waals surface area contributed by atoms with Gasteiger partial charge in [0.1, 0.15) is 11.5 Å². The molecule has 0 aliphatic carbocycles. The average molecular weight is 468 g/mol. The van der Waals surface area contributed by atoms with Gasteiger partial charge >= 0.3 is 5.97 Å². The first-order valence-corrected chi connectivity index (χ1v) is 11.3. The number of H-pyrrole nitrogens is 1. The van der Waals surface area contributed by atoms with Crippen molar-refractivity contribution < 1.29 is 29.0 Å². The smallest absolute Gasteiger partial charge is 0.354 e. The van der Waals surface area contributed by atoms with E-state index in [0.717, 1.165) is 18.7 Å². The first-order chi connectivity index (χ1) is 16.3. The Bertz CT molecular complexity index is 1130. The molecule has 1 aromatic carbocycles. The van der Waals surface area contributed by atoms with E-state index < -0.39 is 23.7 Å². The largest absolute Gasteiger partial charge is 0.507 e. The number of nitrogens with zero attached hydrogens (tertiary/aromatic N) is 2. The number of benzene rings is 1. The van der Waals surface area contributed by atoms with Crippen molar-refractivity contribution in [1.29, 1.82) is 0 Å². The number of Topliss-reactive ketones (excluding diaryl/α,β-unsaturated/α-hetero) is 1. The van der Waals surface area contributed by atoms with Gasteiger partial charge in [-0.1, -0.05) is 30.3 Å². The second-order valence-electron chi connectivity index (χ2n) is 8.47. The quantitative estimate of drug-likeness (QED) is 0.290. The lowest BCUT2D eigenvalue weighted by Crippen LogP contribution is -2.42. The molecule has 1 aromatic heterocycles. The third kappa shape index (κ3) is 4.24. The zero-order valence-electron chi connectivity index (χ0n) is 19.6. The molecule has 9 nitrogen and oxygen atoms in total. The van der Waals surface area contributed by atoms with E-state index >= 15 is 0 Å². The fourth-order valence-electron chi connectivity index (χ4n) is 4.71. The molecule has 0 bridgehead atoms. The Morgan fingerprint density at radius 1 is 1.15 bits per heavy atom. The molecule has 1 amide bonds. The summed E-state index contributed by atoms with van der Waals surface area (Å²) in [7, 11) is 1.27. The number of ether oxygens (including phenoxy) is 2. The van der Waals surface area contributed by atoms with Crippen LogP contribution in [0.5, 0.6) is 0 Å². The van der Waals surface area contributed by atoms with Crippen molar-refractivity contribution in [3.05, 3.63) is 64.0 Å². The van der Waals surface area contributed by atoms with Crippen LogP contribution in [0.4, 0.5) is 0 Å². The highest BCUT2D eigenvalue weighted by molar-refractivity contribution is 6.46. The minimum Gasteiger partial charge on any atom is -0.507 e. The first-order valence-electron chi connectivity index (χ1n) is 11.3. The first kappa shape index (κ1) is 23.7. The number of carbonyl (C=O) groups excluding carboxylic acids is 3. The zero-order valence-corrected chi connectivity index (χ0v) is 19.6. The summed E-state index contributed by atoms with van der Waals surface area (Å²) in [6, 6.07) is 8.45. The third-order valence-corrected chi connectivity index (χ3v) is 6.48. The van der Waals surface area contributed by atoms with Crippen molar-refractivity contribution >= 4 is 23.4 Å². The lowest BCUT2D eigenvalue weighted by molar-refractivity contribution is -0.140. The van der Waals surface area contributed by atoms with E-state index in [1.807, 2.05) is 30.3 Å². The monoisotopic (exact) mass is 467 g/mol. The number of aromatic nitrogens is 1. The summed E-state index contributed by atoms with van der Waals surface area (Å²) in [5.41, 5.74) is 2.21. The number of amides is 1. The third-order valence-electron chi connectivity index (χ3n) is 6.48. The van der Waals surface area contributed by atoms with Crippen molar-refractivity contribution in [2.75, 3.05) is 46.5 Å². The number of carbonyl (C=O) groups is 3. The number of ketones is 1. The van der Waals surface area contributed by atoms with E-state index in [0.29, 0.717) is 43.1 Å². The van der Waals surface area contributed by atoms with Crippen molar-refractivity contribution in [3.63, 3.8) is 0 Å². The number of esters is 1. The van der Waals surface area contributed by atoms with Gasteiger partial charge in [0.05, 0.1) is 31.9 Å². The fourth-order valence-corrected chi connectivity index (χ4v) is 4.71. The van der Waals surface area contributed by atoms with Crippen LogP contribution in [0.2, 0.25) is 0 Å². The van der Waals surface area contributed by atoms with E-state index in [-0.39, 0.29) is 17.0 Å². The predicted octanol–water partition coefficient (Wildman–Crippen LogP) is 2.17. The van der Waals surface area contributed by atoms with Crippen LogP contribution >= 0.6 is 0 Å². The molecule has 2 aliphatic rings. The summed E-state index contributed by atoms with van der Waals surface area (Å²) in [4.78, 5) is 45.2. The van der Waals surface area contributed by atoms with Crippen molar-refractivity contribution in [1.82, 2.24) is 14.8 Å². The number of methoxy groups -OCH3 is 1. The van der Waals surface area contributed by atoms with E-state index in [4.69, 9.17) is 9.47 Å². The Morgan fingerprint density at radius 2 is 1.82 bits per heavy atom. The Hall–Kier alpha value is -3.43. The highest BCUT2D eigenvalue weighted by Crippen LogP contribution is 2.40. The maximum absolute atomic E-state index is 13.2. The summed E-state index contributed by atoms with van der Waals surface area (Å²) in [5.74, 6) is -2.27. The molecule has 1 unspecified atom stereocenters. The topological polar surface area (TPSA) is 112 Å². The molecule has 0 radical (unpaired) electrons. The Balaban J connectivity index is 1.78. The molecule has 3 heterocycles. The number of hydrogen-bond donors (Lipinski definition) is 2. The van der Waals surface area contributed by atoms with Gasteiger partial charge in [0.2, 0.25) is 0 Å². The lowest BCUT2D eigenvalue weighted by Gasteiger charge is -2.31. The van der Waals surface area contributed by atoms with Crippen LogP contribution in [0.1, 0.15) is 38.9 Å². The molecule has 0 spiro atoms. The molecule has 2 aromatic rings. The highest BCUT2D eigenvalue weighted by atomic mass is 16.5. The normalized spacial score (nSPS) is 20.7. The molecule has 2 fully saturated rings. The molecular formula is C25H29N3O6. The summed E-state index contributed by atoms with van der Waals surface area (Å²) in [6.07, 6.45) is 0. The SMILES string of the molecule is COC(=O)c1[nH]c(C)c(C(O)=C2C(=O)C(=O)N(CCN3CCOCC3)C2c2ccccc2)c1C. The lowest BCUT2D eigenvalue weighted by atomic mass is 9.94. The van der Waals surface area contributed by atoms with Crippen LogP contribution in [0.25, 0.3) is 5.76 Å². The van der Waals surface area contributed by atoms with Crippen molar-refractivity contribution in [2.45, 2.75) is 19.9 Å². The molecule has 2 aliphatic heterocycles. The van der Waals surface area contributed by atoms with Crippen molar-refractivity contribution in [2.24, 2.45) is 0 Å². The van der Waals surface area contributed by atoms with Crippen LogP contribution in [0.3, 0.4) is 0 Å². The van der Waals surface area contributed by atoms with Crippen LogP contribution in [0.15, 0.2) is 35.9 Å². The van der Waals surface area contributed by atoms with Gasteiger partial charge in [0.25, 0.3) is 11.7 Å². The van der Waals surface area contributed by atoms with Gasteiger partial charge in [-0.05, 0) is 25.0 Å². The minimum absolute atomic E-state index is 0.0137. The molecule has 180 valence electrons. The van der Waals surface area contributed by atoms with Gasteiger partial charge < -0.3 is 24.5 Å².